The predicted octanol–water partition coefficient (Wildman–Crippen LogP) is 1.69. The number of carbonyl (C=O) groups excluding carboxylic acids is 1. The van der Waals surface area contributed by atoms with Crippen molar-refractivity contribution in [2.45, 2.75) is 37.6 Å². The molecule has 0 aliphatic heterocycles. The van der Waals surface area contributed by atoms with Crippen LogP contribution >= 0.6 is 0 Å². The fourth-order valence-corrected chi connectivity index (χ4v) is 2.85. The third-order valence-corrected chi connectivity index (χ3v) is 4.45. The normalized spacial score (nSPS) is 12.2. The minimum atomic E-state index is -1.47. The second-order valence-corrected chi connectivity index (χ2v) is 5.89. The van der Waals surface area contributed by atoms with Crippen molar-refractivity contribution in [3.63, 3.8) is 0 Å². The maximum Gasteiger partial charge on any atom is 0.233 e. The zero-order valence-electron chi connectivity index (χ0n) is 12.1. The Labute approximate surface area is 122 Å². The number of amides is 1. The first-order chi connectivity index (χ1) is 9.51. The smallest absolute Gasteiger partial charge is 0.233 e. The Kier molecular flexibility index (Phi) is 6.51. The van der Waals surface area contributed by atoms with Crippen molar-refractivity contribution in [2.24, 2.45) is 0 Å². The van der Waals surface area contributed by atoms with Gasteiger partial charge in [0, 0.05) is 11.7 Å². The first kappa shape index (κ1) is 16.5. The van der Waals surface area contributed by atoms with Crippen LogP contribution in [0.4, 0.5) is 5.69 Å². The van der Waals surface area contributed by atoms with Crippen molar-refractivity contribution in [1.29, 1.82) is 0 Å². The van der Waals surface area contributed by atoms with Gasteiger partial charge in [-0.2, -0.15) is 0 Å². The molecule has 0 aromatic heterocycles. The van der Waals surface area contributed by atoms with Crippen LogP contribution in [0.5, 0.6) is 5.75 Å². The van der Waals surface area contributed by atoms with Gasteiger partial charge in [-0.15, -0.1) is 0 Å². The van der Waals surface area contributed by atoms with Gasteiger partial charge in [-0.3, -0.25) is 9.00 Å². The van der Waals surface area contributed by atoms with E-state index in [1.54, 1.807) is 18.2 Å². The lowest BCUT2D eigenvalue weighted by Gasteiger charge is -2.14. The predicted molar refractivity (Wildman–Crippen MR) is 81.2 cm³/mol. The third-order valence-electron chi connectivity index (χ3n) is 3.08. The van der Waals surface area contributed by atoms with E-state index in [1.807, 2.05) is 13.8 Å². The zero-order chi connectivity index (χ0) is 15.1. The highest BCUT2D eigenvalue weighted by atomic mass is 32.2. The summed E-state index contributed by atoms with van der Waals surface area (Å²) in [4.78, 5) is 12.3. The van der Waals surface area contributed by atoms with Crippen LogP contribution in [0.25, 0.3) is 0 Å². The van der Waals surface area contributed by atoms with Crippen LogP contribution in [0.3, 0.4) is 0 Å². The number of methoxy groups -OCH3 is 1. The van der Waals surface area contributed by atoms with E-state index in [2.05, 4.69) is 5.32 Å². The summed E-state index contributed by atoms with van der Waals surface area (Å²) in [6.07, 6.45) is 1.71. The van der Waals surface area contributed by atoms with Gasteiger partial charge in [0.05, 0.1) is 22.8 Å². The van der Waals surface area contributed by atoms with E-state index in [-0.39, 0.29) is 17.7 Å². The quantitative estimate of drug-likeness (QED) is 0.751. The summed E-state index contributed by atoms with van der Waals surface area (Å²) < 4.78 is 17.3. The largest absolute Gasteiger partial charge is 0.497 e. The van der Waals surface area contributed by atoms with E-state index in [0.717, 1.165) is 12.8 Å². The second-order valence-electron chi connectivity index (χ2n) is 4.47. The molecule has 1 unspecified atom stereocenters. The minimum absolute atomic E-state index is 0.0894. The minimum Gasteiger partial charge on any atom is -0.497 e. The lowest BCUT2D eigenvalue weighted by Crippen LogP contribution is -2.36. The lowest BCUT2D eigenvalue weighted by molar-refractivity contribution is -0.119. The van der Waals surface area contributed by atoms with Crippen molar-refractivity contribution >= 4 is 22.4 Å². The number of anilines is 1. The molecule has 6 heteroatoms. The highest BCUT2D eigenvalue weighted by Gasteiger charge is 2.15. The van der Waals surface area contributed by atoms with Crippen molar-refractivity contribution in [1.82, 2.24) is 5.32 Å². The molecule has 0 aliphatic rings. The highest BCUT2D eigenvalue weighted by Crippen LogP contribution is 2.22. The maximum atomic E-state index is 12.2. The molecule has 0 saturated heterocycles. The number of rotatable bonds is 7. The van der Waals surface area contributed by atoms with Crippen LogP contribution < -0.4 is 15.8 Å². The SMILES string of the molecule is CCC(CC)NC(=O)CS(=O)c1cc(OC)ccc1N. The van der Waals surface area contributed by atoms with E-state index in [4.69, 9.17) is 10.5 Å². The molecular formula is C14H22N2O3S. The zero-order valence-corrected chi connectivity index (χ0v) is 13.0. The summed E-state index contributed by atoms with van der Waals surface area (Å²) in [7, 11) is 0.0514. The van der Waals surface area contributed by atoms with Crippen molar-refractivity contribution in [3.05, 3.63) is 18.2 Å². The summed E-state index contributed by atoms with van der Waals surface area (Å²) in [6, 6.07) is 5.06. The van der Waals surface area contributed by atoms with Gasteiger partial charge >= 0.3 is 0 Å². The van der Waals surface area contributed by atoms with Crippen LogP contribution in [0, 0.1) is 0 Å². The molecule has 1 amide bonds. The fourth-order valence-electron chi connectivity index (χ4n) is 1.80. The molecule has 0 spiro atoms. The van der Waals surface area contributed by atoms with Crippen LogP contribution in [0.2, 0.25) is 0 Å². The molecule has 3 N–H and O–H groups in total. The van der Waals surface area contributed by atoms with Crippen LogP contribution in [-0.4, -0.2) is 29.0 Å². The third kappa shape index (κ3) is 4.52. The molecule has 112 valence electrons. The van der Waals surface area contributed by atoms with Crippen LogP contribution in [-0.2, 0) is 15.6 Å². The van der Waals surface area contributed by atoms with E-state index in [0.29, 0.717) is 16.3 Å². The van der Waals surface area contributed by atoms with E-state index < -0.39 is 10.8 Å². The van der Waals surface area contributed by atoms with Gasteiger partial charge in [-0.05, 0) is 31.0 Å². The standard InChI is InChI=1S/C14H22N2O3S/c1-4-10(5-2)16-14(17)9-20(18)13-8-11(19-3)6-7-12(13)15/h6-8,10H,4-5,9,15H2,1-3H3,(H,16,17). The van der Waals surface area contributed by atoms with E-state index >= 15 is 0 Å². The number of hydrogen-bond acceptors (Lipinski definition) is 4. The number of benzene rings is 1. The Morgan fingerprint density at radius 2 is 2.05 bits per heavy atom. The van der Waals surface area contributed by atoms with E-state index in [9.17, 15) is 9.00 Å². The average molecular weight is 298 g/mol. The van der Waals surface area contributed by atoms with Crippen molar-refractivity contribution < 1.29 is 13.7 Å². The lowest BCUT2D eigenvalue weighted by atomic mass is 10.2. The molecule has 0 heterocycles. The summed E-state index contributed by atoms with van der Waals surface area (Å²) in [5.41, 5.74) is 6.20. The topological polar surface area (TPSA) is 81.4 Å². The Morgan fingerprint density at radius 3 is 2.60 bits per heavy atom. The molecule has 0 aliphatic carbocycles. The summed E-state index contributed by atoms with van der Waals surface area (Å²) in [5, 5.41) is 2.86. The van der Waals surface area contributed by atoms with Gasteiger partial charge < -0.3 is 15.8 Å². The van der Waals surface area contributed by atoms with Crippen LogP contribution in [0.15, 0.2) is 23.1 Å². The molecule has 20 heavy (non-hydrogen) atoms. The number of hydrogen-bond donors (Lipinski definition) is 2. The molecule has 1 aromatic rings. The monoisotopic (exact) mass is 298 g/mol. The maximum absolute atomic E-state index is 12.2. The molecule has 0 fully saturated rings. The van der Waals surface area contributed by atoms with Gasteiger partial charge in [0.2, 0.25) is 5.91 Å². The van der Waals surface area contributed by atoms with Crippen LogP contribution in [0.1, 0.15) is 26.7 Å². The Balaban J connectivity index is 2.73. The fraction of sp³-hybridized carbons (Fsp3) is 0.500. The Hall–Kier alpha value is -1.56. The number of nitrogens with two attached hydrogens (primary N) is 1. The molecule has 0 radical (unpaired) electrons. The molecule has 0 bridgehead atoms. The van der Waals surface area contributed by atoms with Gasteiger partial charge in [0.25, 0.3) is 0 Å². The molecule has 1 atom stereocenters. The van der Waals surface area contributed by atoms with Gasteiger partial charge in [0.1, 0.15) is 11.5 Å². The molecular weight excluding hydrogens is 276 g/mol. The highest BCUT2D eigenvalue weighted by molar-refractivity contribution is 7.86. The van der Waals surface area contributed by atoms with Crippen molar-refractivity contribution in [2.75, 3.05) is 18.6 Å². The summed E-state index contributed by atoms with van der Waals surface area (Å²) in [5.74, 6) is 0.260. The van der Waals surface area contributed by atoms with Gasteiger partial charge in [-0.1, -0.05) is 13.8 Å². The van der Waals surface area contributed by atoms with Crippen molar-refractivity contribution in [3.8, 4) is 5.75 Å². The Bertz CT molecular complexity index is 487. The molecule has 5 nitrogen and oxygen atoms in total. The first-order valence-electron chi connectivity index (χ1n) is 6.63. The first-order valence-corrected chi connectivity index (χ1v) is 7.94. The summed E-state index contributed by atoms with van der Waals surface area (Å²) in [6.45, 7) is 4.01. The second kappa shape index (κ2) is 7.89. The van der Waals surface area contributed by atoms with E-state index in [1.165, 1.54) is 7.11 Å². The molecule has 1 rings (SSSR count). The van der Waals surface area contributed by atoms with Gasteiger partial charge in [-0.25, -0.2) is 0 Å². The Morgan fingerprint density at radius 1 is 1.40 bits per heavy atom. The number of nitrogen functional groups attached to an aromatic ring is 1. The summed E-state index contributed by atoms with van der Waals surface area (Å²) >= 11 is 0. The number of nitrogens with one attached hydrogen (secondary N) is 1. The molecule has 1 aromatic carbocycles. The van der Waals surface area contributed by atoms with Gasteiger partial charge in [0.15, 0.2) is 0 Å². The number of carbonyl (C=O) groups is 1. The molecule has 0 saturated carbocycles. The average Bonchev–Trinajstić information content (AvgIpc) is 2.45. The number of ether oxygens (including phenoxy) is 1.